The van der Waals surface area contributed by atoms with Gasteiger partial charge in [0.25, 0.3) is 0 Å². The van der Waals surface area contributed by atoms with Gasteiger partial charge < -0.3 is 19.5 Å². The summed E-state index contributed by atoms with van der Waals surface area (Å²) in [5, 5.41) is 13.6. The molecule has 160 valence electrons. The molecule has 1 aromatic carbocycles. The number of rotatable bonds is 8. The van der Waals surface area contributed by atoms with Crippen LogP contribution in [-0.4, -0.2) is 39.3 Å². The molecule has 2 heterocycles. The number of hydrogen-bond donors (Lipinski definition) is 1. The second-order valence-electron chi connectivity index (χ2n) is 6.67. The summed E-state index contributed by atoms with van der Waals surface area (Å²) in [5.74, 6) is 2.44. The third-order valence-electron chi connectivity index (χ3n) is 4.48. The summed E-state index contributed by atoms with van der Waals surface area (Å²) in [7, 11) is 3.83. The van der Waals surface area contributed by atoms with E-state index in [-0.39, 0.29) is 5.75 Å². The van der Waals surface area contributed by atoms with Crippen LogP contribution in [-0.2, 0) is 26.7 Å². The molecule has 0 unspecified atom stereocenters. The minimum atomic E-state index is -2.83. The van der Waals surface area contributed by atoms with Crippen molar-refractivity contribution in [3.8, 4) is 5.75 Å². The summed E-state index contributed by atoms with van der Waals surface area (Å²) >= 11 is 1.67. The van der Waals surface area contributed by atoms with Gasteiger partial charge in [-0.3, -0.25) is 0 Å². The lowest BCUT2D eigenvalue weighted by Gasteiger charge is -2.22. The first-order valence-corrected chi connectivity index (χ1v) is 10.2. The molecule has 0 amide bonds. The van der Waals surface area contributed by atoms with Crippen molar-refractivity contribution < 1.29 is 13.5 Å². The molecule has 3 aromatic rings. The summed E-state index contributed by atoms with van der Waals surface area (Å²) in [6.07, 6.45) is 0. The van der Waals surface area contributed by atoms with Crippen molar-refractivity contribution in [1.82, 2.24) is 25.0 Å². The predicted octanol–water partition coefficient (Wildman–Crippen LogP) is 3.56. The van der Waals surface area contributed by atoms with Crippen LogP contribution in [0.25, 0.3) is 0 Å². The van der Waals surface area contributed by atoms with Crippen LogP contribution in [0.5, 0.6) is 5.75 Å². The fourth-order valence-corrected chi connectivity index (χ4v) is 3.39. The fraction of sp³-hybridized carbons (Fsp3) is 0.350. The van der Waals surface area contributed by atoms with Crippen molar-refractivity contribution in [3.63, 3.8) is 0 Å². The van der Waals surface area contributed by atoms with Gasteiger partial charge in [0, 0.05) is 25.5 Å². The van der Waals surface area contributed by atoms with Gasteiger partial charge in [-0.25, -0.2) is 4.99 Å². The Morgan fingerprint density at radius 1 is 1.27 bits per heavy atom. The molecule has 0 spiro atoms. The van der Waals surface area contributed by atoms with Gasteiger partial charge >= 0.3 is 6.61 Å². The van der Waals surface area contributed by atoms with Gasteiger partial charge in [-0.15, -0.1) is 21.5 Å². The molecule has 0 saturated heterocycles. The van der Waals surface area contributed by atoms with E-state index in [1.807, 2.05) is 41.9 Å². The van der Waals surface area contributed by atoms with Gasteiger partial charge in [-0.1, -0.05) is 18.2 Å². The Labute approximate surface area is 178 Å². The average molecular weight is 435 g/mol. The van der Waals surface area contributed by atoms with E-state index in [1.165, 1.54) is 17.0 Å². The van der Waals surface area contributed by atoms with E-state index in [1.54, 1.807) is 23.5 Å². The van der Waals surface area contributed by atoms with Gasteiger partial charge in [0.15, 0.2) is 11.8 Å². The summed E-state index contributed by atoms with van der Waals surface area (Å²) in [6.45, 7) is 0.644. The molecule has 0 saturated carbocycles. The summed E-state index contributed by atoms with van der Waals surface area (Å²) in [4.78, 5) is 7.88. The van der Waals surface area contributed by atoms with E-state index >= 15 is 0 Å². The highest BCUT2D eigenvalue weighted by molar-refractivity contribution is 7.09. The number of aromatic nitrogens is 3. The molecule has 0 atom stereocenters. The predicted molar refractivity (Wildman–Crippen MR) is 113 cm³/mol. The van der Waals surface area contributed by atoms with Gasteiger partial charge in [-0.2, -0.15) is 8.78 Å². The van der Waals surface area contributed by atoms with Gasteiger partial charge in [0.1, 0.15) is 18.1 Å². The highest BCUT2D eigenvalue weighted by Crippen LogP contribution is 2.16. The van der Waals surface area contributed by atoms with Crippen LogP contribution in [0.4, 0.5) is 8.78 Å². The Hall–Kier alpha value is -3.01. The third-order valence-corrected chi connectivity index (χ3v) is 5.36. The molecule has 0 fully saturated rings. The Bertz CT molecular complexity index is 956. The lowest BCUT2D eigenvalue weighted by molar-refractivity contribution is -0.0498. The number of nitrogens with zero attached hydrogens (tertiary/aromatic N) is 5. The number of aliphatic imine (C=N–C) groups is 1. The van der Waals surface area contributed by atoms with E-state index < -0.39 is 6.61 Å². The van der Waals surface area contributed by atoms with Gasteiger partial charge in [-0.05, 0) is 36.1 Å². The summed E-state index contributed by atoms with van der Waals surface area (Å²) < 4.78 is 31.0. The Balaban J connectivity index is 1.70. The molecule has 10 heteroatoms. The quantitative estimate of drug-likeness (QED) is 0.434. The Kier molecular flexibility index (Phi) is 7.34. The molecule has 3 rings (SSSR count). The van der Waals surface area contributed by atoms with E-state index in [0.717, 1.165) is 17.2 Å². The van der Waals surface area contributed by atoms with Crippen LogP contribution in [0.1, 0.15) is 22.1 Å². The third kappa shape index (κ3) is 5.99. The van der Waals surface area contributed by atoms with Crippen LogP contribution in [0, 0.1) is 6.92 Å². The molecule has 2 aromatic heterocycles. The first-order valence-electron chi connectivity index (χ1n) is 9.33. The number of halogens is 2. The lowest BCUT2D eigenvalue weighted by atomic mass is 10.2. The fourth-order valence-electron chi connectivity index (χ4n) is 2.75. The minimum absolute atomic E-state index is 0.138. The van der Waals surface area contributed by atoms with Crippen molar-refractivity contribution in [1.29, 1.82) is 0 Å². The number of hydrogen-bond acceptors (Lipinski definition) is 5. The second kappa shape index (κ2) is 10.1. The number of thiophene rings is 1. The zero-order valence-corrected chi connectivity index (χ0v) is 17.9. The molecule has 0 bridgehead atoms. The van der Waals surface area contributed by atoms with Crippen LogP contribution in [0.15, 0.2) is 46.8 Å². The van der Waals surface area contributed by atoms with Crippen molar-refractivity contribution >= 4 is 17.3 Å². The van der Waals surface area contributed by atoms with Crippen molar-refractivity contribution in [3.05, 3.63) is 63.9 Å². The second-order valence-corrected chi connectivity index (χ2v) is 7.71. The van der Waals surface area contributed by atoms with E-state index in [4.69, 9.17) is 4.99 Å². The van der Waals surface area contributed by atoms with Crippen LogP contribution in [0.3, 0.4) is 0 Å². The van der Waals surface area contributed by atoms with Crippen LogP contribution in [0.2, 0.25) is 0 Å². The molecule has 7 nitrogen and oxygen atoms in total. The number of aryl methyl sites for hydroxylation is 1. The topological polar surface area (TPSA) is 67.6 Å². The molecular formula is C20H24F2N6OS. The van der Waals surface area contributed by atoms with Gasteiger partial charge in [0.05, 0.1) is 6.54 Å². The van der Waals surface area contributed by atoms with Crippen molar-refractivity contribution in [2.75, 3.05) is 7.05 Å². The molecule has 30 heavy (non-hydrogen) atoms. The zero-order valence-electron chi connectivity index (χ0n) is 17.0. The molecule has 0 aliphatic heterocycles. The largest absolute Gasteiger partial charge is 0.435 e. The molecule has 0 aliphatic carbocycles. The lowest BCUT2D eigenvalue weighted by Crippen LogP contribution is -2.38. The molecular weight excluding hydrogens is 410 g/mol. The van der Waals surface area contributed by atoms with Crippen LogP contribution < -0.4 is 10.1 Å². The maximum atomic E-state index is 12.3. The average Bonchev–Trinajstić information content (AvgIpc) is 3.34. The first kappa shape index (κ1) is 21.7. The van der Waals surface area contributed by atoms with E-state index in [9.17, 15) is 8.78 Å². The maximum Gasteiger partial charge on any atom is 0.387 e. The van der Waals surface area contributed by atoms with E-state index in [2.05, 4.69) is 26.3 Å². The SMILES string of the molecule is Cc1nnc(CN=C(NCc2cccs2)N(C)Cc2ccc(OC(F)F)cc2)n1C. The smallest absolute Gasteiger partial charge is 0.387 e. The molecule has 0 radical (unpaired) electrons. The highest BCUT2D eigenvalue weighted by atomic mass is 32.1. The standard InChI is InChI=1S/C20H24F2N6OS/c1-14-25-26-18(28(14)3)12-24-20(23-11-17-5-4-10-30-17)27(2)13-15-6-8-16(9-7-15)29-19(21)22/h4-10,19H,11-13H2,1-3H3,(H,23,24). The summed E-state index contributed by atoms with van der Waals surface area (Å²) in [5.41, 5.74) is 0.944. The molecule has 1 N–H and O–H groups in total. The number of benzene rings is 1. The van der Waals surface area contributed by atoms with Crippen molar-refractivity contribution in [2.24, 2.45) is 12.0 Å². The van der Waals surface area contributed by atoms with Crippen molar-refractivity contribution in [2.45, 2.75) is 33.2 Å². The Morgan fingerprint density at radius 3 is 2.63 bits per heavy atom. The first-order chi connectivity index (χ1) is 14.4. The monoisotopic (exact) mass is 434 g/mol. The van der Waals surface area contributed by atoms with Gasteiger partial charge in [0.2, 0.25) is 0 Å². The minimum Gasteiger partial charge on any atom is -0.435 e. The van der Waals surface area contributed by atoms with Crippen LogP contribution >= 0.6 is 11.3 Å². The Morgan fingerprint density at radius 2 is 2.03 bits per heavy atom. The van der Waals surface area contributed by atoms with E-state index in [0.29, 0.717) is 25.6 Å². The normalized spacial score (nSPS) is 11.7. The number of ether oxygens (including phenoxy) is 1. The zero-order chi connectivity index (χ0) is 21.5. The maximum absolute atomic E-state index is 12.3. The number of alkyl halides is 2. The number of nitrogens with one attached hydrogen (secondary N) is 1. The summed E-state index contributed by atoms with van der Waals surface area (Å²) in [6, 6.07) is 10.7. The number of guanidine groups is 1. The molecule has 0 aliphatic rings. The highest BCUT2D eigenvalue weighted by Gasteiger charge is 2.11.